The molecule has 1 rings (SSSR count). The molecule has 1 N–H and O–H groups in total. The van der Waals surface area contributed by atoms with E-state index in [-0.39, 0.29) is 0 Å². The summed E-state index contributed by atoms with van der Waals surface area (Å²) in [5.74, 6) is 2.62. The molecule has 0 spiro atoms. The van der Waals surface area contributed by atoms with Crippen molar-refractivity contribution in [1.82, 2.24) is 0 Å². The van der Waals surface area contributed by atoms with Gasteiger partial charge < -0.3 is 4.74 Å². The zero-order valence-corrected chi connectivity index (χ0v) is 9.45. The molecule has 0 aliphatic carbocycles. The second-order valence-corrected chi connectivity index (χ2v) is 3.06. The van der Waals surface area contributed by atoms with Gasteiger partial charge >= 0.3 is 6.09 Å². The molecule has 1 amide bonds. The molecule has 0 saturated carbocycles. The number of amides is 1. The Kier molecular flexibility index (Phi) is 4.86. The van der Waals surface area contributed by atoms with Crippen LogP contribution in [0.5, 0.6) is 0 Å². The first kappa shape index (κ1) is 10.9. The summed E-state index contributed by atoms with van der Waals surface area (Å²) in [5, 5.41) is 2.53. The van der Waals surface area contributed by atoms with Crippen LogP contribution in [0.4, 0.5) is 10.5 Å². The van der Waals surface area contributed by atoms with E-state index in [1.807, 2.05) is 18.2 Å². The third kappa shape index (κ3) is 4.14. The smallest absolute Gasteiger partial charge is 0.356 e. The number of hydrogen-bond donors (Lipinski definition) is 1. The van der Waals surface area contributed by atoms with E-state index in [4.69, 9.17) is 0 Å². The summed E-state index contributed by atoms with van der Waals surface area (Å²) in [4.78, 5) is 11.0. The van der Waals surface area contributed by atoms with Crippen molar-refractivity contribution in [2.45, 2.75) is 0 Å². The normalized spacial score (nSPS) is 8.36. The SMILES string of the molecule is O=C(Nc1ccccc1)OC#CCI. The topological polar surface area (TPSA) is 38.3 Å². The molecule has 1 aromatic rings. The van der Waals surface area contributed by atoms with Gasteiger partial charge in [-0.15, -0.1) is 0 Å². The van der Waals surface area contributed by atoms with Crippen LogP contribution < -0.4 is 5.32 Å². The maximum Gasteiger partial charge on any atom is 0.425 e. The molecule has 0 radical (unpaired) electrons. The summed E-state index contributed by atoms with van der Waals surface area (Å²) >= 11 is 2.07. The maximum atomic E-state index is 11.0. The van der Waals surface area contributed by atoms with Crippen LogP contribution in [0, 0.1) is 12.0 Å². The second kappa shape index (κ2) is 6.27. The van der Waals surface area contributed by atoms with Gasteiger partial charge in [0.2, 0.25) is 0 Å². The number of anilines is 1. The van der Waals surface area contributed by atoms with E-state index >= 15 is 0 Å². The zero-order chi connectivity index (χ0) is 10.2. The van der Waals surface area contributed by atoms with E-state index in [9.17, 15) is 4.79 Å². The molecule has 0 saturated heterocycles. The summed E-state index contributed by atoms with van der Waals surface area (Å²) in [6, 6.07) is 9.06. The lowest BCUT2D eigenvalue weighted by molar-refractivity contribution is 0.207. The number of hydrogen-bond acceptors (Lipinski definition) is 2. The Balaban J connectivity index is 2.42. The van der Waals surface area contributed by atoms with Gasteiger partial charge in [-0.25, -0.2) is 4.79 Å². The largest absolute Gasteiger partial charge is 0.425 e. The monoisotopic (exact) mass is 301 g/mol. The Morgan fingerprint density at radius 2 is 2.14 bits per heavy atom. The fourth-order valence-corrected chi connectivity index (χ4v) is 0.930. The molecule has 72 valence electrons. The van der Waals surface area contributed by atoms with Gasteiger partial charge in [0.25, 0.3) is 0 Å². The van der Waals surface area contributed by atoms with E-state index in [2.05, 4.69) is 44.7 Å². The molecule has 1 aromatic carbocycles. The Bertz CT molecular complexity index is 353. The van der Waals surface area contributed by atoms with E-state index < -0.39 is 6.09 Å². The number of halogens is 1. The predicted molar refractivity (Wildman–Crippen MR) is 63.2 cm³/mol. The quantitative estimate of drug-likeness (QED) is 0.492. The Hall–Kier alpha value is -1.22. The summed E-state index contributed by atoms with van der Waals surface area (Å²) in [5.41, 5.74) is 0.689. The van der Waals surface area contributed by atoms with Crippen LogP contribution in [0.2, 0.25) is 0 Å². The lowest BCUT2D eigenvalue weighted by Crippen LogP contribution is -2.10. The van der Waals surface area contributed by atoms with E-state index in [0.717, 1.165) is 0 Å². The molecule has 0 aliphatic rings. The zero-order valence-electron chi connectivity index (χ0n) is 7.29. The van der Waals surface area contributed by atoms with E-state index in [1.54, 1.807) is 12.1 Å². The second-order valence-electron chi connectivity index (χ2n) is 2.29. The Labute approximate surface area is 96.0 Å². The standard InChI is InChI=1S/C10H8INO2/c11-7-4-8-14-10(13)12-9-5-2-1-3-6-9/h1-3,5-6H,7H2,(H,12,13). The maximum absolute atomic E-state index is 11.0. The summed E-state index contributed by atoms with van der Waals surface area (Å²) in [7, 11) is 0. The number of benzene rings is 1. The van der Waals surface area contributed by atoms with Crippen molar-refractivity contribution in [1.29, 1.82) is 0 Å². The molecular formula is C10H8INO2. The number of carbonyl (C=O) groups excluding carboxylic acids is 1. The molecule has 3 nitrogen and oxygen atoms in total. The molecule has 0 atom stereocenters. The fourth-order valence-electron chi connectivity index (χ4n) is 0.775. The number of alkyl halides is 1. The molecule has 14 heavy (non-hydrogen) atoms. The van der Waals surface area contributed by atoms with Crippen molar-refractivity contribution >= 4 is 34.4 Å². The molecule has 0 aromatic heterocycles. The number of ether oxygens (including phenoxy) is 1. The van der Waals surface area contributed by atoms with Crippen LogP contribution >= 0.6 is 22.6 Å². The van der Waals surface area contributed by atoms with Gasteiger partial charge in [0.05, 0.1) is 4.43 Å². The fraction of sp³-hybridized carbons (Fsp3) is 0.100. The lowest BCUT2D eigenvalue weighted by atomic mass is 10.3. The highest BCUT2D eigenvalue weighted by Crippen LogP contribution is 2.04. The average molecular weight is 301 g/mol. The summed E-state index contributed by atoms with van der Waals surface area (Å²) < 4.78 is 5.21. The van der Waals surface area contributed by atoms with Gasteiger partial charge in [-0.1, -0.05) is 40.8 Å². The molecule has 0 bridgehead atoms. The highest BCUT2D eigenvalue weighted by atomic mass is 127. The minimum Gasteiger partial charge on any atom is -0.356 e. The first-order valence-electron chi connectivity index (χ1n) is 3.89. The average Bonchev–Trinajstić information content (AvgIpc) is 2.20. The van der Waals surface area contributed by atoms with Gasteiger partial charge in [-0.2, -0.15) is 0 Å². The van der Waals surface area contributed by atoms with E-state index in [1.165, 1.54) is 0 Å². The number of carbonyl (C=O) groups is 1. The van der Waals surface area contributed by atoms with Gasteiger partial charge in [-0.3, -0.25) is 5.32 Å². The highest BCUT2D eigenvalue weighted by molar-refractivity contribution is 14.1. The number of para-hydroxylation sites is 1. The Morgan fingerprint density at radius 3 is 2.79 bits per heavy atom. The van der Waals surface area contributed by atoms with Crippen molar-refractivity contribution in [3.8, 4) is 12.0 Å². The van der Waals surface area contributed by atoms with Crippen molar-refractivity contribution in [2.75, 3.05) is 9.74 Å². The molecule has 0 fully saturated rings. The van der Waals surface area contributed by atoms with Crippen molar-refractivity contribution in [2.24, 2.45) is 0 Å². The molecule has 0 heterocycles. The molecular weight excluding hydrogens is 293 g/mol. The third-order valence-corrected chi connectivity index (χ3v) is 1.68. The number of nitrogens with one attached hydrogen (secondary N) is 1. The molecule has 0 unspecified atom stereocenters. The van der Waals surface area contributed by atoms with Gasteiger partial charge in [0.15, 0.2) is 0 Å². The van der Waals surface area contributed by atoms with Gasteiger partial charge in [0, 0.05) is 5.69 Å². The van der Waals surface area contributed by atoms with Crippen molar-refractivity contribution in [3.63, 3.8) is 0 Å². The molecule has 0 aliphatic heterocycles. The van der Waals surface area contributed by atoms with Crippen LogP contribution in [0.1, 0.15) is 0 Å². The summed E-state index contributed by atoms with van der Waals surface area (Å²) in [6.45, 7) is 0. The minimum absolute atomic E-state index is 0.562. The van der Waals surface area contributed by atoms with Crippen LogP contribution in [0.3, 0.4) is 0 Å². The van der Waals surface area contributed by atoms with Crippen LogP contribution in [0.15, 0.2) is 30.3 Å². The third-order valence-electron chi connectivity index (χ3n) is 1.30. The minimum atomic E-state index is -0.562. The van der Waals surface area contributed by atoms with Crippen molar-refractivity contribution in [3.05, 3.63) is 30.3 Å². The van der Waals surface area contributed by atoms with Crippen LogP contribution in [-0.4, -0.2) is 10.5 Å². The first-order valence-corrected chi connectivity index (χ1v) is 5.42. The van der Waals surface area contributed by atoms with Crippen LogP contribution in [-0.2, 0) is 4.74 Å². The summed E-state index contributed by atoms with van der Waals surface area (Å²) in [6.07, 6.45) is 1.72. The van der Waals surface area contributed by atoms with Crippen molar-refractivity contribution < 1.29 is 9.53 Å². The van der Waals surface area contributed by atoms with Gasteiger partial charge in [-0.05, 0) is 18.1 Å². The highest BCUT2D eigenvalue weighted by Gasteiger charge is 1.99. The Morgan fingerprint density at radius 1 is 1.43 bits per heavy atom. The lowest BCUT2D eigenvalue weighted by Gasteiger charge is -2.00. The predicted octanol–water partition coefficient (Wildman–Crippen LogP) is 2.63. The van der Waals surface area contributed by atoms with E-state index in [0.29, 0.717) is 10.1 Å². The van der Waals surface area contributed by atoms with Crippen LogP contribution in [0.25, 0.3) is 0 Å². The molecule has 4 heteroatoms. The van der Waals surface area contributed by atoms with Gasteiger partial charge in [0.1, 0.15) is 6.11 Å². The first-order chi connectivity index (χ1) is 6.83. The number of rotatable bonds is 1.